The number of benzene rings is 1. The van der Waals surface area contributed by atoms with E-state index in [0.29, 0.717) is 12.5 Å². The van der Waals surface area contributed by atoms with Crippen LogP contribution >= 0.6 is 22.6 Å². The highest BCUT2D eigenvalue weighted by Crippen LogP contribution is 2.11. The van der Waals surface area contributed by atoms with Crippen molar-refractivity contribution in [1.29, 1.82) is 0 Å². The Morgan fingerprint density at radius 1 is 1.41 bits per heavy atom. The average molecular weight is 346 g/mol. The number of rotatable bonds is 6. The SMILES string of the molecule is CC(C)CCNC(=O)CNc1cccc(I)c1. The van der Waals surface area contributed by atoms with Gasteiger partial charge in [0.2, 0.25) is 5.91 Å². The maximum absolute atomic E-state index is 11.5. The fourth-order valence-electron chi connectivity index (χ4n) is 1.34. The average Bonchev–Trinajstić information content (AvgIpc) is 2.26. The van der Waals surface area contributed by atoms with Gasteiger partial charge in [0.1, 0.15) is 0 Å². The summed E-state index contributed by atoms with van der Waals surface area (Å²) in [6.45, 7) is 5.38. The molecule has 4 heteroatoms. The molecule has 0 atom stereocenters. The van der Waals surface area contributed by atoms with Crippen molar-refractivity contribution in [3.05, 3.63) is 27.8 Å². The van der Waals surface area contributed by atoms with E-state index in [-0.39, 0.29) is 5.91 Å². The summed E-state index contributed by atoms with van der Waals surface area (Å²) in [5, 5.41) is 6.00. The maximum Gasteiger partial charge on any atom is 0.239 e. The van der Waals surface area contributed by atoms with E-state index in [9.17, 15) is 4.79 Å². The van der Waals surface area contributed by atoms with E-state index >= 15 is 0 Å². The van der Waals surface area contributed by atoms with Crippen LogP contribution in [0.4, 0.5) is 5.69 Å². The Balaban J connectivity index is 2.24. The van der Waals surface area contributed by atoms with Crippen molar-refractivity contribution in [3.63, 3.8) is 0 Å². The second-order valence-corrected chi connectivity index (χ2v) is 5.64. The molecular weight excluding hydrogens is 327 g/mol. The monoisotopic (exact) mass is 346 g/mol. The van der Waals surface area contributed by atoms with Gasteiger partial charge >= 0.3 is 0 Å². The minimum absolute atomic E-state index is 0.0458. The molecule has 1 aromatic rings. The Hall–Kier alpha value is -0.780. The Bertz CT molecular complexity index is 366. The third kappa shape index (κ3) is 6.51. The van der Waals surface area contributed by atoms with Gasteiger partial charge in [-0.25, -0.2) is 0 Å². The smallest absolute Gasteiger partial charge is 0.239 e. The van der Waals surface area contributed by atoms with Crippen LogP contribution in [0.2, 0.25) is 0 Å². The van der Waals surface area contributed by atoms with E-state index in [1.807, 2.05) is 24.3 Å². The van der Waals surface area contributed by atoms with Gasteiger partial charge in [-0.15, -0.1) is 0 Å². The Kier molecular flexibility index (Phi) is 6.32. The van der Waals surface area contributed by atoms with Crippen molar-refractivity contribution < 1.29 is 4.79 Å². The minimum Gasteiger partial charge on any atom is -0.376 e. The first-order valence-corrected chi connectivity index (χ1v) is 6.92. The molecule has 3 nitrogen and oxygen atoms in total. The first kappa shape index (κ1) is 14.3. The van der Waals surface area contributed by atoms with Crippen LogP contribution in [-0.4, -0.2) is 19.0 Å². The van der Waals surface area contributed by atoms with Crippen LogP contribution in [0.15, 0.2) is 24.3 Å². The number of nitrogens with one attached hydrogen (secondary N) is 2. The number of anilines is 1. The molecule has 0 unspecified atom stereocenters. The predicted molar refractivity (Wildman–Crippen MR) is 80.1 cm³/mol. The van der Waals surface area contributed by atoms with Gasteiger partial charge in [0.15, 0.2) is 0 Å². The number of halogens is 1. The molecule has 0 spiro atoms. The zero-order chi connectivity index (χ0) is 12.7. The second-order valence-electron chi connectivity index (χ2n) is 4.40. The van der Waals surface area contributed by atoms with Crippen molar-refractivity contribution in [1.82, 2.24) is 5.32 Å². The zero-order valence-electron chi connectivity index (χ0n) is 10.3. The van der Waals surface area contributed by atoms with Crippen molar-refractivity contribution in [2.45, 2.75) is 20.3 Å². The Labute approximate surface area is 117 Å². The molecule has 17 heavy (non-hydrogen) atoms. The van der Waals surface area contributed by atoms with Crippen molar-refractivity contribution in [3.8, 4) is 0 Å². The van der Waals surface area contributed by atoms with E-state index in [4.69, 9.17) is 0 Å². The van der Waals surface area contributed by atoms with Crippen LogP contribution in [0.1, 0.15) is 20.3 Å². The molecule has 0 heterocycles. The molecule has 1 amide bonds. The molecule has 0 aliphatic carbocycles. The van der Waals surface area contributed by atoms with E-state index in [2.05, 4.69) is 47.1 Å². The molecule has 0 saturated heterocycles. The maximum atomic E-state index is 11.5. The molecule has 1 rings (SSSR count). The summed E-state index contributed by atoms with van der Waals surface area (Å²) in [7, 11) is 0. The van der Waals surface area contributed by atoms with Gasteiger partial charge < -0.3 is 10.6 Å². The molecule has 0 radical (unpaired) electrons. The molecule has 2 N–H and O–H groups in total. The lowest BCUT2D eigenvalue weighted by molar-refractivity contribution is -0.119. The second kappa shape index (κ2) is 7.53. The van der Waals surface area contributed by atoms with Crippen LogP contribution in [0.3, 0.4) is 0 Å². The molecule has 0 aliphatic rings. The van der Waals surface area contributed by atoms with Crippen molar-refractivity contribution in [2.75, 3.05) is 18.4 Å². The van der Waals surface area contributed by atoms with E-state index in [0.717, 1.165) is 22.2 Å². The first-order chi connectivity index (χ1) is 8.08. The third-order valence-electron chi connectivity index (χ3n) is 2.32. The molecule has 1 aromatic carbocycles. The molecule has 0 aromatic heterocycles. The van der Waals surface area contributed by atoms with E-state index < -0.39 is 0 Å². The Morgan fingerprint density at radius 3 is 2.82 bits per heavy atom. The Morgan fingerprint density at radius 2 is 2.18 bits per heavy atom. The molecule has 94 valence electrons. The molecule has 0 aliphatic heterocycles. The van der Waals surface area contributed by atoms with Crippen molar-refractivity contribution in [2.24, 2.45) is 5.92 Å². The highest BCUT2D eigenvalue weighted by Gasteiger charge is 2.01. The molecular formula is C13H19IN2O. The number of hydrogen-bond donors (Lipinski definition) is 2. The largest absolute Gasteiger partial charge is 0.376 e. The number of hydrogen-bond acceptors (Lipinski definition) is 2. The van der Waals surface area contributed by atoms with E-state index in [1.165, 1.54) is 0 Å². The topological polar surface area (TPSA) is 41.1 Å². The lowest BCUT2D eigenvalue weighted by Crippen LogP contribution is -2.31. The normalized spacial score (nSPS) is 10.4. The van der Waals surface area contributed by atoms with Gasteiger partial charge in [-0.05, 0) is 53.1 Å². The lowest BCUT2D eigenvalue weighted by atomic mass is 10.1. The predicted octanol–water partition coefficient (Wildman–Crippen LogP) is 2.87. The fourth-order valence-corrected chi connectivity index (χ4v) is 1.89. The molecule has 0 fully saturated rings. The van der Waals surface area contributed by atoms with Gasteiger partial charge in [-0.1, -0.05) is 19.9 Å². The number of carbonyl (C=O) groups excluding carboxylic acids is 1. The van der Waals surface area contributed by atoms with E-state index in [1.54, 1.807) is 0 Å². The minimum atomic E-state index is 0.0458. The quantitative estimate of drug-likeness (QED) is 0.778. The lowest BCUT2D eigenvalue weighted by Gasteiger charge is -2.09. The summed E-state index contributed by atoms with van der Waals surface area (Å²) >= 11 is 2.25. The molecule has 0 bridgehead atoms. The summed E-state index contributed by atoms with van der Waals surface area (Å²) in [5.74, 6) is 0.670. The first-order valence-electron chi connectivity index (χ1n) is 5.84. The summed E-state index contributed by atoms with van der Waals surface area (Å²) < 4.78 is 1.16. The summed E-state index contributed by atoms with van der Waals surface area (Å²) in [4.78, 5) is 11.5. The number of amides is 1. The summed E-state index contributed by atoms with van der Waals surface area (Å²) in [5.41, 5.74) is 0.982. The fraction of sp³-hybridized carbons (Fsp3) is 0.462. The summed E-state index contributed by atoms with van der Waals surface area (Å²) in [6.07, 6.45) is 1.02. The van der Waals surface area contributed by atoms with Gasteiger partial charge in [-0.3, -0.25) is 4.79 Å². The highest BCUT2D eigenvalue weighted by molar-refractivity contribution is 14.1. The van der Waals surface area contributed by atoms with Gasteiger partial charge in [-0.2, -0.15) is 0 Å². The van der Waals surface area contributed by atoms with Gasteiger partial charge in [0.05, 0.1) is 6.54 Å². The summed E-state index contributed by atoms with van der Waals surface area (Å²) in [6, 6.07) is 7.97. The van der Waals surface area contributed by atoms with Crippen molar-refractivity contribution >= 4 is 34.2 Å². The van der Waals surface area contributed by atoms with Crippen LogP contribution in [0, 0.1) is 9.49 Å². The zero-order valence-corrected chi connectivity index (χ0v) is 12.5. The van der Waals surface area contributed by atoms with Crippen LogP contribution in [0.25, 0.3) is 0 Å². The highest BCUT2D eigenvalue weighted by atomic mass is 127. The number of carbonyl (C=O) groups is 1. The standard InChI is InChI=1S/C13H19IN2O/c1-10(2)6-7-15-13(17)9-16-12-5-3-4-11(14)8-12/h3-5,8,10,16H,6-7,9H2,1-2H3,(H,15,17). The van der Waals surface area contributed by atoms with Gasteiger partial charge in [0.25, 0.3) is 0 Å². The van der Waals surface area contributed by atoms with Gasteiger partial charge in [0, 0.05) is 15.8 Å². The third-order valence-corrected chi connectivity index (χ3v) is 2.99. The van der Waals surface area contributed by atoms with Crippen LogP contribution < -0.4 is 10.6 Å². The van der Waals surface area contributed by atoms with Crippen LogP contribution in [-0.2, 0) is 4.79 Å². The van der Waals surface area contributed by atoms with Crippen LogP contribution in [0.5, 0.6) is 0 Å². The molecule has 0 saturated carbocycles.